The summed E-state index contributed by atoms with van der Waals surface area (Å²) in [6.07, 6.45) is 4.92. The lowest BCUT2D eigenvalue weighted by atomic mass is 9.72. The zero-order valence-electron chi connectivity index (χ0n) is 15.7. The number of rotatable bonds is 3. The molecule has 0 saturated carbocycles. The number of amides is 1. The highest BCUT2D eigenvalue weighted by Gasteiger charge is 2.39. The van der Waals surface area contributed by atoms with E-state index in [0.29, 0.717) is 24.3 Å². The number of nitrogens with zero attached hydrogens (tertiary/aromatic N) is 2. The minimum Gasteiger partial charge on any atom is -0.361 e. The Morgan fingerprint density at radius 2 is 2.33 bits per heavy atom. The molecule has 0 spiro atoms. The summed E-state index contributed by atoms with van der Waals surface area (Å²) in [4.78, 5) is 18.4. The Kier molecular flexibility index (Phi) is 4.06. The molecule has 140 valence electrons. The number of anilines is 1. The van der Waals surface area contributed by atoms with Gasteiger partial charge in [-0.05, 0) is 67.5 Å². The summed E-state index contributed by atoms with van der Waals surface area (Å²) in [6.45, 7) is 2.92. The molecule has 27 heavy (non-hydrogen) atoms. The van der Waals surface area contributed by atoms with Crippen LogP contribution in [0.15, 0.2) is 30.5 Å². The Hall–Kier alpha value is -2.18. The molecular weight excluding hydrogens is 356 g/mol. The van der Waals surface area contributed by atoms with E-state index in [4.69, 9.17) is 0 Å². The lowest BCUT2D eigenvalue weighted by Gasteiger charge is -2.45. The van der Waals surface area contributed by atoms with Crippen LogP contribution in [-0.2, 0) is 11.2 Å². The predicted octanol–water partition coefficient (Wildman–Crippen LogP) is 3.92. The van der Waals surface area contributed by atoms with E-state index >= 15 is 0 Å². The maximum Gasteiger partial charge on any atom is 0.225 e. The average Bonchev–Trinajstić information content (AvgIpc) is 3.23. The van der Waals surface area contributed by atoms with Gasteiger partial charge in [0.1, 0.15) is 5.00 Å². The highest BCUT2D eigenvalue weighted by atomic mass is 32.1. The first-order chi connectivity index (χ1) is 13.1. The third-order valence-corrected chi connectivity index (χ3v) is 6.97. The number of nitrogens with one attached hydrogen (secondary N) is 2. The normalized spacial score (nSPS) is 24.7. The fourth-order valence-corrected chi connectivity index (χ4v) is 5.75. The molecule has 3 heterocycles. The SMILES string of the molecule is Cc1cc(NC(=O)C[C@@H]2CC3c4cccc5[nH]cc(c45)C[C@H]3N(C)C2)sn1. The standard InChI is InChI=1S/C21H24N4OS/c1-12-6-20(27-24-12)23-19(26)8-13-7-16-15-4-3-5-17-21(15)14(10-22-17)9-18(16)25(2)11-13/h3-6,10,13,16,18,22H,7-9,11H2,1-2H3,(H,23,26)/t13-,16?,18+/m0/s1. The predicted molar refractivity (Wildman–Crippen MR) is 109 cm³/mol. The van der Waals surface area contributed by atoms with Crippen LogP contribution in [0.2, 0.25) is 0 Å². The summed E-state index contributed by atoms with van der Waals surface area (Å²) >= 11 is 1.35. The minimum absolute atomic E-state index is 0.104. The maximum atomic E-state index is 12.5. The van der Waals surface area contributed by atoms with Crippen molar-refractivity contribution < 1.29 is 4.79 Å². The van der Waals surface area contributed by atoms with Gasteiger partial charge in [0, 0.05) is 42.0 Å². The number of aromatic amines is 1. The number of likely N-dealkylation sites (tertiary alicyclic amines) is 1. The number of likely N-dealkylation sites (N-methyl/N-ethyl adjacent to an activating group) is 1. The quantitative estimate of drug-likeness (QED) is 0.724. The number of piperidine rings is 1. The molecular formula is C21H24N4OS. The minimum atomic E-state index is 0.104. The smallest absolute Gasteiger partial charge is 0.225 e. The van der Waals surface area contributed by atoms with Crippen molar-refractivity contribution in [3.8, 4) is 0 Å². The Morgan fingerprint density at radius 1 is 1.44 bits per heavy atom. The van der Waals surface area contributed by atoms with E-state index < -0.39 is 0 Å². The maximum absolute atomic E-state index is 12.5. The van der Waals surface area contributed by atoms with Crippen LogP contribution in [0, 0.1) is 12.8 Å². The molecule has 5 nitrogen and oxygen atoms in total. The number of fused-ring (bicyclic) bond motifs is 2. The van der Waals surface area contributed by atoms with Crippen LogP contribution in [-0.4, -0.2) is 39.8 Å². The van der Waals surface area contributed by atoms with Crippen molar-refractivity contribution in [1.82, 2.24) is 14.3 Å². The second kappa shape index (κ2) is 6.46. The molecule has 1 amide bonds. The largest absolute Gasteiger partial charge is 0.361 e. The molecule has 0 bridgehead atoms. The molecule has 1 unspecified atom stereocenters. The van der Waals surface area contributed by atoms with Crippen LogP contribution in [0.1, 0.15) is 35.6 Å². The fraction of sp³-hybridized carbons (Fsp3) is 0.429. The second-order valence-corrected chi connectivity index (χ2v) is 8.89. The number of aryl methyl sites for hydroxylation is 1. The fourth-order valence-electron chi connectivity index (χ4n) is 5.08. The van der Waals surface area contributed by atoms with Gasteiger partial charge in [-0.3, -0.25) is 4.79 Å². The van der Waals surface area contributed by atoms with Gasteiger partial charge in [0.25, 0.3) is 0 Å². The molecule has 1 aromatic carbocycles. The number of carbonyl (C=O) groups is 1. The topological polar surface area (TPSA) is 61.0 Å². The number of hydrogen-bond donors (Lipinski definition) is 2. The van der Waals surface area contributed by atoms with Crippen LogP contribution in [0.25, 0.3) is 10.9 Å². The van der Waals surface area contributed by atoms with Gasteiger partial charge in [-0.25, -0.2) is 0 Å². The Labute approximate surface area is 162 Å². The number of benzene rings is 1. The third-order valence-electron chi connectivity index (χ3n) is 6.18. The summed E-state index contributed by atoms with van der Waals surface area (Å²) in [7, 11) is 2.21. The first-order valence-corrected chi connectivity index (χ1v) is 10.4. The van der Waals surface area contributed by atoms with Crippen molar-refractivity contribution >= 4 is 33.3 Å². The summed E-state index contributed by atoms with van der Waals surface area (Å²) < 4.78 is 4.24. The lowest BCUT2D eigenvalue weighted by Crippen LogP contribution is -2.48. The number of carbonyl (C=O) groups excluding carboxylic acids is 1. The van der Waals surface area contributed by atoms with Gasteiger partial charge in [-0.15, -0.1) is 0 Å². The van der Waals surface area contributed by atoms with Crippen LogP contribution in [0.5, 0.6) is 0 Å². The molecule has 5 rings (SSSR count). The van der Waals surface area contributed by atoms with E-state index in [1.54, 1.807) is 0 Å². The Balaban J connectivity index is 1.36. The molecule has 1 aliphatic heterocycles. The Morgan fingerprint density at radius 3 is 3.15 bits per heavy atom. The molecule has 3 atom stereocenters. The van der Waals surface area contributed by atoms with E-state index in [1.165, 1.54) is 33.6 Å². The highest BCUT2D eigenvalue weighted by Crippen LogP contribution is 2.44. The summed E-state index contributed by atoms with van der Waals surface area (Å²) in [6, 6.07) is 9.07. The first-order valence-electron chi connectivity index (χ1n) is 9.61. The van der Waals surface area contributed by atoms with Crippen LogP contribution in [0.3, 0.4) is 0 Å². The molecule has 1 aliphatic carbocycles. The number of aromatic nitrogens is 2. The Bertz CT molecular complexity index is 1010. The van der Waals surface area contributed by atoms with Crippen LogP contribution >= 0.6 is 11.5 Å². The lowest BCUT2D eigenvalue weighted by molar-refractivity contribution is -0.117. The average molecular weight is 381 g/mol. The molecule has 2 N–H and O–H groups in total. The monoisotopic (exact) mass is 380 g/mol. The van der Waals surface area contributed by atoms with Gasteiger partial charge in [0.05, 0.1) is 5.69 Å². The van der Waals surface area contributed by atoms with Crippen molar-refractivity contribution in [2.24, 2.45) is 5.92 Å². The molecule has 0 radical (unpaired) electrons. The van der Waals surface area contributed by atoms with Gasteiger partial charge >= 0.3 is 0 Å². The van der Waals surface area contributed by atoms with Crippen molar-refractivity contribution in [2.45, 2.75) is 38.1 Å². The zero-order chi connectivity index (χ0) is 18.5. The van der Waals surface area contributed by atoms with E-state index in [9.17, 15) is 4.79 Å². The summed E-state index contributed by atoms with van der Waals surface area (Å²) in [5, 5.41) is 5.28. The van der Waals surface area contributed by atoms with E-state index in [1.807, 2.05) is 13.0 Å². The van der Waals surface area contributed by atoms with Crippen molar-refractivity contribution in [1.29, 1.82) is 0 Å². The van der Waals surface area contributed by atoms with Gasteiger partial charge in [-0.2, -0.15) is 4.37 Å². The summed E-state index contributed by atoms with van der Waals surface area (Å²) in [5.74, 6) is 0.979. The first kappa shape index (κ1) is 17.0. The molecule has 6 heteroatoms. The van der Waals surface area contributed by atoms with Crippen LogP contribution < -0.4 is 5.32 Å². The van der Waals surface area contributed by atoms with Crippen molar-refractivity contribution in [3.05, 3.63) is 47.3 Å². The second-order valence-electron chi connectivity index (χ2n) is 8.09. The molecule has 2 aliphatic rings. The van der Waals surface area contributed by atoms with Crippen molar-refractivity contribution in [3.63, 3.8) is 0 Å². The van der Waals surface area contributed by atoms with E-state index in [2.05, 4.69) is 51.0 Å². The van der Waals surface area contributed by atoms with Gasteiger partial charge in [0.2, 0.25) is 5.91 Å². The zero-order valence-corrected chi connectivity index (χ0v) is 16.5. The summed E-state index contributed by atoms with van der Waals surface area (Å²) in [5.41, 5.74) is 5.08. The van der Waals surface area contributed by atoms with Crippen molar-refractivity contribution in [2.75, 3.05) is 18.9 Å². The van der Waals surface area contributed by atoms with E-state index in [-0.39, 0.29) is 5.91 Å². The molecule has 3 aromatic rings. The van der Waals surface area contributed by atoms with Gasteiger partial charge in [0.15, 0.2) is 0 Å². The highest BCUT2D eigenvalue weighted by molar-refractivity contribution is 7.10. The van der Waals surface area contributed by atoms with Crippen LogP contribution in [0.4, 0.5) is 5.00 Å². The molecule has 2 aromatic heterocycles. The molecule has 1 fully saturated rings. The number of H-pyrrole nitrogens is 1. The van der Waals surface area contributed by atoms with Gasteiger partial charge < -0.3 is 15.2 Å². The number of hydrogen-bond acceptors (Lipinski definition) is 4. The van der Waals surface area contributed by atoms with Gasteiger partial charge in [-0.1, -0.05) is 12.1 Å². The van der Waals surface area contributed by atoms with E-state index in [0.717, 1.165) is 30.1 Å². The molecule has 1 saturated heterocycles. The third kappa shape index (κ3) is 2.97.